The van der Waals surface area contributed by atoms with Crippen molar-refractivity contribution in [1.82, 2.24) is 14.4 Å². The minimum atomic E-state index is -3.58. The van der Waals surface area contributed by atoms with Gasteiger partial charge in [-0.05, 0) is 44.4 Å². The molecule has 0 radical (unpaired) electrons. The average Bonchev–Trinajstić information content (AvgIpc) is 2.90. The normalized spacial score (nSPS) is 15.9. The first-order chi connectivity index (χ1) is 13.4. The monoisotopic (exact) mass is 406 g/mol. The van der Waals surface area contributed by atoms with Gasteiger partial charge in [0.05, 0.1) is 4.90 Å². The third-order valence-electron chi connectivity index (χ3n) is 4.79. The van der Waals surface area contributed by atoms with Crippen LogP contribution in [0.25, 0.3) is 0 Å². The Morgan fingerprint density at radius 2 is 1.89 bits per heavy atom. The van der Waals surface area contributed by atoms with Crippen molar-refractivity contribution in [3.63, 3.8) is 0 Å². The largest absolute Gasteiger partial charge is 0.339 e. The van der Waals surface area contributed by atoms with E-state index in [0.29, 0.717) is 42.5 Å². The second kappa shape index (κ2) is 8.83. The van der Waals surface area contributed by atoms with Crippen LogP contribution in [-0.4, -0.2) is 41.9 Å². The molecule has 1 fully saturated rings. The summed E-state index contributed by atoms with van der Waals surface area (Å²) in [4.78, 5) is 16.5. The highest BCUT2D eigenvalue weighted by Gasteiger charge is 2.27. The fraction of sp³-hybridized carbons (Fsp3) is 0.526. The predicted octanol–water partition coefficient (Wildman–Crippen LogP) is 2.82. The Bertz CT molecular complexity index is 931. The van der Waals surface area contributed by atoms with Crippen LogP contribution in [0.3, 0.4) is 0 Å². The van der Waals surface area contributed by atoms with Gasteiger partial charge >= 0.3 is 0 Å². The quantitative estimate of drug-likeness (QED) is 0.791. The molecule has 0 unspecified atom stereocenters. The van der Waals surface area contributed by atoms with E-state index in [2.05, 4.69) is 15.5 Å². The molecule has 2 aromatic rings. The molecule has 1 N–H and O–H groups in total. The van der Waals surface area contributed by atoms with Gasteiger partial charge in [-0.2, -0.15) is 9.29 Å². The van der Waals surface area contributed by atoms with Crippen LogP contribution in [0.2, 0.25) is 0 Å². The second-order valence-electron chi connectivity index (χ2n) is 7.08. The van der Waals surface area contributed by atoms with Gasteiger partial charge in [-0.15, -0.1) is 0 Å². The predicted molar refractivity (Wildman–Crippen MR) is 104 cm³/mol. The van der Waals surface area contributed by atoms with E-state index in [4.69, 9.17) is 4.52 Å². The molecule has 0 atom stereocenters. The standard InChI is InChI=1S/C19H26N4O4S/c1-14-7-8-16(21-18(24)9-10-19-20-15(2)22-27-19)13-17(14)28(25,26)23-11-5-3-4-6-12-23/h7-8,13H,3-6,9-12H2,1-2H3,(H,21,24). The molecule has 0 saturated carbocycles. The smallest absolute Gasteiger partial charge is 0.243 e. The topological polar surface area (TPSA) is 105 Å². The molecule has 1 saturated heterocycles. The van der Waals surface area contributed by atoms with Gasteiger partial charge in [0.2, 0.25) is 21.8 Å². The molecule has 8 nitrogen and oxygen atoms in total. The number of nitrogens with one attached hydrogen (secondary N) is 1. The summed E-state index contributed by atoms with van der Waals surface area (Å²) in [7, 11) is -3.58. The van der Waals surface area contributed by atoms with Crippen LogP contribution in [0.15, 0.2) is 27.6 Å². The van der Waals surface area contributed by atoms with Gasteiger partial charge < -0.3 is 9.84 Å². The molecule has 1 aliphatic rings. The highest BCUT2D eigenvalue weighted by atomic mass is 32.2. The van der Waals surface area contributed by atoms with Crippen molar-refractivity contribution in [2.45, 2.75) is 57.3 Å². The number of anilines is 1. The lowest BCUT2D eigenvalue weighted by molar-refractivity contribution is -0.116. The zero-order chi connectivity index (χ0) is 20.1. The lowest BCUT2D eigenvalue weighted by Crippen LogP contribution is -2.32. The zero-order valence-corrected chi connectivity index (χ0v) is 17.1. The van der Waals surface area contributed by atoms with Gasteiger partial charge in [0.15, 0.2) is 5.82 Å². The van der Waals surface area contributed by atoms with Gasteiger partial charge in [-0.1, -0.05) is 24.1 Å². The number of hydrogen-bond donors (Lipinski definition) is 1. The average molecular weight is 407 g/mol. The molecule has 1 aromatic carbocycles. The van der Waals surface area contributed by atoms with Gasteiger partial charge in [0.1, 0.15) is 0 Å². The van der Waals surface area contributed by atoms with Crippen LogP contribution in [0.4, 0.5) is 5.69 Å². The molecule has 3 rings (SSSR count). The van der Waals surface area contributed by atoms with E-state index >= 15 is 0 Å². The molecule has 1 amide bonds. The first kappa shape index (κ1) is 20.5. The lowest BCUT2D eigenvalue weighted by atomic mass is 10.2. The Labute approximate surface area is 165 Å². The van der Waals surface area contributed by atoms with E-state index in [1.165, 1.54) is 0 Å². The number of amides is 1. The van der Waals surface area contributed by atoms with E-state index in [1.54, 1.807) is 36.4 Å². The molecule has 28 heavy (non-hydrogen) atoms. The third-order valence-corrected chi connectivity index (χ3v) is 6.83. The van der Waals surface area contributed by atoms with E-state index in [0.717, 1.165) is 25.7 Å². The Hall–Kier alpha value is -2.26. The van der Waals surface area contributed by atoms with Crippen LogP contribution in [0, 0.1) is 13.8 Å². The summed E-state index contributed by atoms with van der Waals surface area (Å²) in [5.41, 5.74) is 1.13. The summed E-state index contributed by atoms with van der Waals surface area (Å²) in [5.74, 6) is 0.691. The number of aryl methyl sites for hydroxylation is 3. The first-order valence-corrected chi connectivity index (χ1v) is 11.0. The van der Waals surface area contributed by atoms with Crippen molar-refractivity contribution in [3.05, 3.63) is 35.5 Å². The van der Waals surface area contributed by atoms with Crippen LogP contribution >= 0.6 is 0 Å². The molecule has 152 valence electrons. The maximum Gasteiger partial charge on any atom is 0.243 e. The highest BCUT2D eigenvalue weighted by Crippen LogP contribution is 2.26. The Morgan fingerprint density at radius 1 is 1.18 bits per heavy atom. The number of benzene rings is 1. The molecule has 0 spiro atoms. The van der Waals surface area contributed by atoms with Crippen LogP contribution in [0.5, 0.6) is 0 Å². The Morgan fingerprint density at radius 3 is 2.54 bits per heavy atom. The minimum Gasteiger partial charge on any atom is -0.339 e. The van der Waals surface area contributed by atoms with Gasteiger partial charge in [-0.25, -0.2) is 8.42 Å². The summed E-state index contributed by atoms with van der Waals surface area (Å²) in [6, 6.07) is 4.98. The van der Waals surface area contributed by atoms with Gasteiger partial charge in [-0.3, -0.25) is 4.79 Å². The summed E-state index contributed by atoms with van der Waals surface area (Å²) in [5, 5.41) is 6.45. The molecule has 0 bridgehead atoms. The number of carbonyl (C=O) groups is 1. The van der Waals surface area contributed by atoms with Crippen molar-refractivity contribution >= 4 is 21.6 Å². The molecule has 2 heterocycles. The summed E-state index contributed by atoms with van der Waals surface area (Å²) in [6.07, 6.45) is 4.37. The maximum atomic E-state index is 13.1. The van der Waals surface area contributed by atoms with Crippen LogP contribution in [0.1, 0.15) is 49.4 Å². The summed E-state index contributed by atoms with van der Waals surface area (Å²) >= 11 is 0. The van der Waals surface area contributed by atoms with Crippen LogP contribution < -0.4 is 5.32 Å². The van der Waals surface area contributed by atoms with E-state index < -0.39 is 10.0 Å². The number of hydrogen-bond acceptors (Lipinski definition) is 6. The van der Waals surface area contributed by atoms with Crippen molar-refractivity contribution < 1.29 is 17.7 Å². The molecule has 1 aliphatic heterocycles. The maximum absolute atomic E-state index is 13.1. The Balaban J connectivity index is 1.70. The van der Waals surface area contributed by atoms with Crippen molar-refractivity contribution in [2.75, 3.05) is 18.4 Å². The molecular formula is C19H26N4O4S. The van der Waals surface area contributed by atoms with Gasteiger partial charge in [0.25, 0.3) is 0 Å². The SMILES string of the molecule is Cc1noc(CCC(=O)Nc2ccc(C)c(S(=O)(=O)N3CCCCCC3)c2)n1. The van der Waals surface area contributed by atoms with E-state index in [1.807, 2.05) is 0 Å². The summed E-state index contributed by atoms with van der Waals surface area (Å²) < 4.78 is 32.8. The number of nitrogens with zero attached hydrogens (tertiary/aromatic N) is 3. The Kier molecular flexibility index (Phi) is 6.46. The van der Waals surface area contributed by atoms with Crippen molar-refractivity contribution in [1.29, 1.82) is 0 Å². The van der Waals surface area contributed by atoms with E-state index in [-0.39, 0.29) is 17.2 Å². The molecule has 0 aliphatic carbocycles. The van der Waals surface area contributed by atoms with Crippen molar-refractivity contribution in [3.8, 4) is 0 Å². The molecular weight excluding hydrogens is 380 g/mol. The third kappa shape index (κ3) is 4.96. The first-order valence-electron chi connectivity index (χ1n) is 9.56. The van der Waals surface area contributed by atoms with Crippen molar-refractivity contribution in [2.24, 2.45) is 0 Å². The van der Waals surface area contributed by atoms with Gasteiger partial charge in [0, 0.05) is 31.6 Å². The number of sulfonamides is 1. The number of aromatic nitrogens is 2. The molecule has 9 heteroatoms. The highest BCUT2D eigenvalue weighted by molar-refractivity contribution is 7.89. The fourth-order valence-corrected chi connectivity index (χ4v) is 5.03. The zero-order valence-electron chi connectivity index (χ0n) is 16.3. The van der Waals surface area contributed by atoms with Crippen LogP contribution in [-0.2, 0) is 21.2 Å². The number of rotatable bonds is 6. The van der Waals surface area contributed by atoms with E-state index in [9.17, 15) is 13.2 Å². The fourth-order valence-electron chi connectivity index (χ4n) is 3.26. The lowest BCUT2D eigenvalue weighted by Gasteiger charge is -2.21. The number of carbonyl (C=O) groups excluding carboxylic acids is 1. The minimum absolute atomic E-state index is 0.170. The molecule has 1 aromatic heterocycles. The second-order valence-corrected chi connectivity index (χ2v) is 8.99. The summed E-state index contributed by atoms with van der Waals surface area (Å²) in [6.45, 7) is 4.57.